The molecule has 0 fully saturated rings. The summed E-state index contributed by atoms with van der Waals surface area (Å²) in [6, 6.07) is 5.95. The molecule has 2 N–H and O–H groups in total. The summed E-state index contributed by atoms with van der Waals surface area (Å²) in [6.07, 6.45) is 1.76. The van der Waals surface area contributed by atoms with E-state index in [9.17, 15) is 0 Å². The van der Waals surface area contributed by atoms with Gasteiger partial charge in [0.15, 0.2) is 5.82 Å². The third kappa shape index (κ3) is 3.95. The normalized spacial score (nSPS) is 12.4. The topological polar surface area (TPSA) is 66.0 Å². The molecule has 2 rings (SSSR count). The maximum Gasteiger partial charge on any atom is 0.170 e. The van der Waals surface area contributed by atoms with Crippen molar-refractivity contribution in [2.24, 2.45) is 12.8 Å². The van der Waals surface area contributed by atoms with Crippen molar-refractivity contribution < 1.29 is 4.74 Å². The fourth-order valence-corrected chi connectivity index (χ4v) is 2.21. The third-order valence-electron chi connectivity index (χ3n) is 3.56. The van der Waals surface area contributed by atoms with Crippen LogP contribution in [0, 0.1) is 6.92 Å². The van der Waals surface area contributed by atoms with Gasteiger partial charge in [0.1, 0.15) is 18.2 Å². The fraction of sp³-hybridized carbons (Fsp3) is 0.467. The molecule has 114 valence electrons. The van der Waals surface area contributed by atoms with Crippen molar-refractivity contribution in [1.82, 2.24) is 14.8 Å². The maximum atomic E-state index is 6.26. The summed E-state index contributed by atoms with van der Waals surface area (Å²) in [6.45, 7) is 4.31. The molecule has 0 spiro atoms. The van der Waals surface area contributed by atoms with Crippen molar-refractivity contribution in [3.05, 3.63) is 40.4 Å². The van der Waals surface area contributed by atoms with Crippen LogP contribution in [0.2, 0.25) is 5.02 Å². The Bertz CT molecular complexity index is 612. The highest BCUT2D eigenvalue weighted by Crippen LogP contribution is 2.26. The monoisotopic (exact) mass is 308 g/mol. The van der Waals surface area contributed by atoms with Crippen LogP contribution in [0.15, 0.2) is 18.2 Å². The van der Waals surface area contributed by atoms with Crippen LogP contribution in [0.5, 0.6) is 5.75 Å². The Hall–Kier alpha value is -1.59. The highest BCUT2D eigenvalue weighted by atomic mass is 35.5. The molecule has 6 heteroatoms. The molecule has 1 aromatic heterocycles. The lowest BCUT2D eigenvalue weighted by Gasteiger charge is -2.12. The van der Waals surface area contributed by atoms with Gasteiger partial charge in [0.2, 0.25) is 0 Å². The molecule has 0 amide bonds. The Morgan fingerprint density at radius 1 is 1.38 bits per heavy atom. The Balaban J connectivity index is 2.02. The zero-order valence-electron chi connectivity index (χ0n) is 12.6. The number of hydrogen-bond donors (Lipinski definition) is 1. The van der Waals surface area contributed by atoms with Gasteiger partial charge in [0.25, 0.3) is 0 Å². The molecule has 1 unspecified atom stereocenters. The van der Waals surface area contributed by atoms with Crippen LogP contribution in [-0.2, 0) is 20.1 Å². The molecule has 0 radical (unpaired) electrons. The van der Waals surface area contributed by atoms with Crippen molar-refractivity contribution in [2.75, 3.05) is 0 Å². The van der Waals surface area contributed by atoms with Crippen LogP contribution in [0.25, 0.3) is 0 Å². The van der Waals surface area contributed by atoms with E-state index in [1.54, 1.807) is 0 Å². The number of nitrogens with zero attached hydrogens (tertiary/aromatic N) is 3. The number of halogens is 1. The summed E-state index contributed by atoms with van der Waals surface area (Å²) >= 11 is 6.26. The van der Waals surface area contributed by atoms with Gasteiger partial charge in [-0.25, -0.2) is 0 Å². The van der Waals surface area contributed by atoms with Crippen molar-refractivity contribution >= 4 is 11.6 Å². The van der Waals surface area contributed by atoms with E-state index in [4.69, 9.17) is 22.1 Å². The molecule has 0 saturated carbocycles. The van der Waals surface area contributed by atoms with Crippen molar-refractivity contribution in [2.45, 2.75) is 39.3 Å². The average molecular weight is 309 g/mol. The van der Waals surface area contributed by atoms with Gasteiger partial charge in [-0.2, -0.15) is 0 Å². The Morgan fingerprint density at radius 2 is 2.14 bits per heavy atom. The minimum atomic E-state index is 0.162. The number of ether oxygens (including phenoxy) is 1. The van der Waals surface area contributed by atoms with Gasteiger partial charge in [-0.1, -0.05) is 24.6 Å². The highest BCUT2D eigenvalue weighted by molar-refractivity contribution is 6.32. The van der Waals surface area contributed by atoms with Crippen molar-refractivity contribution in [3.8, 4) is 5.75 Å². The molecule has 2 aromatic rings. The van der Waals surface area contributed by atoms with Gasteiger partial charge >= 0.3 is 0 Å². The summed E-state index contributed by atoms with van der Waals surface area (Å²) in [4.78, 5) is 0. The number of rotatable bonds is 6. The maximum absolute atomic E-state index is 6.26. The average Bonchev–Trinajstić information content (AvgIpc) is 2.78. The summed E-state index contributed by atoms with van der Waals surface area (Å²) in [5.74, 6) is 2.26. The molecule has 5 nitrogen and oxygen atoms in total. The van der Waals surface area contributed by atoms with E-state index in [0.717, 1.165) is 30.1 Å². The Labute approximate surface area is 130 Å². The Kier molecular flexibility index (Phi) is 5.20. The lowest BCUT2D eigenvalue weighted by atomic mass is 10.0. The second kappa shape index (κ2) is 6.91. The molecule has 0 aliphatic carbocycles. The van der Waals surface area contributed by atoms with Crippen LogP contribution in [0.3, 0.4) is 0 Å². The van der Waals surface area contributed by atoms with Crippen LogP contribution in [-0.4, -0.2) is 20.8 Å². The van der Waals surface area contributed by atoms with E-state index in [-0.39, 0.29) is 6.04 Å². The van der Waals surface area contributed by atoms with Gasteiger partial charge in [-0.15, -0.1) is 10.2 Å². The van der Waals surface area contributed by atoms with Gasteiger partial charge < -0.3 is 15.0 Å². The van der Waals surface area contributed by atoms with Crippen LogP contribution in [0.4, 0.5) is 0 Å². The number of hydrogen-bond acceptors (Lipinski definition) is 4. The van der Waals surface area contributed by atoms with Crippen molar-refractivity contribution in [3.63, 3.8) is 0 Å². The minimum Gasteiger partial charge on any atom is -0.484 e. The van der Waals surface area contributed by atoms with E-state index >= 15 is 0 Å². The highest BCUT2D eigenvalue weighted by Gasteiger charge is 2.09. The summed E-state index contributed by atoms with van der Waals surface area (Å²) < 4.78 is 7.61. The van der Waals surface area contributed by atoms with E-state index in [1.165, 1.54) is 0 Å². The van der Waals surface area contributed by atoms with Crippen LogP contribution in [0.1, 0.15) is 30.6 Å². The largest absolute Gasteiger partial charge is 0.484 e. The fourth-order valence-electron chi connectivity index (χ4n) is 1.95. The first kappa shape index (κ1) is 15.8. The van der Waals surface area contributed by atoms with E-state index in [0.29, 0.717) is 17.4 Å². The van der Waals surface area contributed by atoms with Gasteiger partial charge in [-0.05, 0) is 37.5 Å². The molecule has 1 heterocycles. The molecular formula is C15H21ClN4O. The molecular weight excluding hydrogens is 288 g/mol. The van der Waals surface area contributed by atoms with E-state index in [1.807, 2.05) is 36.7 Å². The van der Waals surface area contributed by atoms with E-state index < -0.39 is 0 Å². The van der Waals surface area contributed by atoms with Crippen LogP contribution < -0.4 is 10.5 Å². The first-order valence-corrected chi connectivity index (χ1v) is 7.40. The molecule has 0 bridgehead atoms. The van der Waals surface area contributed by atoms with E-state index in [2.05, 4.69) is 17.1 Å². The molecule has 0 aliphatic rings. The standard InChI is InChI=1S/C15H21ClN4O/c1-4-12(17)7-11-5-6-14(13(16)8-11)21-9-15-19-18-10(2)20(15)3/h5-6,8,12H,4,7,9,17H2,1-3H3. The second-order valence-corrected chi connectivity index (χ2v) is 5.56. The first-order chi connectivity index (χ1) is 10.0. The predicted octanol–water partition coefficient (Wildman–Crippen LogP) is 2.64. The second-order valence-electron chi connectivity index (χ2n) is 5.15. The zero-order chi connectivity index (χ0) is 15.4. The zero-order valence-corrected chi connectivity index (χ0v) is 13.4. The number of aryl methyl sites for hydroxylation is 1. The van der Waals surface area contributed by atoms with Crippen molar-refractivity contribution in [1.29, 1.82) is 0 Å². The molecule has 1 aromatic carbocycles. The van der Waals surface area contributed by atoms with Gasteiger partial charge in [0, 0.05) is 13.1 Å². The lowest BCUT2D eigenvalue weighted by molar-refractivity contribution is 0.291. The minimum absolute atomic E-state index is 0.162. The number of aromatic nitrogens is 3. The van der Waals surface area contributed by atoms with Crippen LogP contribution >= 0.6 is 11.6 Å². The van der Waals surface area contributed by atoms with Gasteiger partial charge in [0.05, 0.1) is 5.02 Å². The molecule has 1 atom stereocenters. The smallest absolute Gasteiger partial charge is 0.170 e. The molecule has 0 saturated heterocycles. The summed E-state index contributed by atoms with van der Waals surface area (Å²) in [5.41, 5.74) is 7.08. The van der Waals surface area contributed by atoms with Gasteiger partial charge in [-0.3, -0.25) is 0 Å². The molecule has 21 heavy (non-hydrogen) atoms. The predicted molar refractivity (Wildman–Crippen MR) is 83.5 cm³/mol. The lowest BCUT2D eigenvalue weighted by Crippen LogP contribution is -2.21. The summed E-state index contributed by atoms with van der Waals surface area (Å²) in [5, 5.41) is 8.64. The SMILES string of the molecule is CCC(N)Cc1ccc(OCc2nnc(C)n2C)c(Cl)c1. The number of nitrogens with two attached hydrogens (primary N) is 1. The Morgan fingerprint density at radius 3 is 2.71 bits per heavy atom. The quantitative estimate of drug-likeness (QED) is 0.891. The number of benzene rings is 1. The third-order valence-corrected chi connectivity index (χ3v) is 3.85. The molecule has 0 aliphatic heterocycles. The first-order valence-electron chi connectivity index (χ1n) is 7.03. The summed E-state index contributed by atoms with van der Waals surface area (Å²) in [7, 11) is 1.91.